The van der Waals surface area contributed by atoms with Gasteiger partial charge in [0.25, 0.3) is 0 Å². The van der Waals surface area contributed by atoms with Crippen molar-refractivity contribution in [2.45, 2.75) is 32.3 Å². The summed E-state index contributed by atoms with van der Waals surface area (Å²) >= 11 is 0. The van der Waals surface area contributed by atoms with Gasteiger partial charge in [-0.25, -0.2) is 0 Å². The summed E-state index contributed by atoms with van der Waals surface area (Å²) in [7, 11) is 1.66. The maximum absolute atomic E-state index is 9.71. The first-order valence-electron chi connectivity index (χ1n) is 5.03. The first-order valence-corrected chi connectivity index (χ1v) is 5.03. The molecule has 0 saturated carbocycles. The van der Waals surface area contributed by atoms with Crippen LogP contribution in [0.1, 0.15) is 37.4 Å². The first-order chi connectivity index (χ1) is 6.77. The zero-order valence-corrected chi connectivity index (χ0v) is 8.82. The lowest BCUT2D eigenvalue weighted by Crippen LogP contribution is -1.98. The molecule has 1 unspecified atom stereocenters. The number of furan rings is 1. The van der Waals surface area contributed by atoms with Crippen LogP contribution in [0.15, 0.2) is 16.5 Å². The number of aryl methyl sites for hydroxylation is 1. The number of hydrogen-bond acceptors (Lipinski definition) is 3. The van der Waals surface area contributed by atoms with E-state index in [4.69, 9.17) is 9.15 Å². The Morgan fingerprint density at radius 1 is 1.50 bits per heavy atom. The van der Waals surface area contributed by atoms with Gasteiger partial charge in [-0.05, 0) is 25.0 Å². The molecule has 1 heterocycles. The molecule has 0 spiro atoms. The van der Waals surface area contributed by atoms with Crippen LogP contribution in [0, 0.1) is 0 Å². The fraction of sp³-hybridized carbons (Fsp3) is 0.636. The minimum Gasteiger partial charge on any atom is -0.463 e. The number of hydrogen-bond donors (Lipinski definition) is 1. The summed E-state index contributed by atoms with van der Waals surface area (Å²) in [5.41, 5.74) is 0. The molecule has 0 aliphatic heterocycles. The molecule has 0 bridgehead atoms. The molecule has 14 heavy (non-hydrogen) atoms. The van der Waals surface area contributed by atoms with Gasteiger partial charge in [-0.15, -0.1) is 0 Å². The Labute approximate surface area is 84.7 Å². The van der Waals surface area contributed by atoms with Crippen LogP contribution >= 0.6 is 0 Å². The van der Waals surface area contributed by atoms with Gasteiger partial charge in [-0.1, -0.05) is 6.92 Å². The molecule has 0 fully saturated rings. The van der Waals surface area contributed by atoms with Crippen molar-refractivity contribution >= 4 is 0 Å². The third kappa shape index (κ3) is 3.16. The van der Waals surface area contributed by atoms with Crippen LogP contribution in [0.2, 0.25) is 0 Å². The van der Waals surface area contributed by atoms with Gasteiger partial charge in [-0.2, -0.15) is 0 Å². The van der Waals surface area contributed by atoms with Gasteiger partial charge in [0, 0.05) is 20.1 Å². The number of aliphatic hydroxyl groups is 1. The quantitative estimate of drug-likeness (QED) is 0.713. The van der Waals surface area contributed by atoms with E-state index in [-0.39, 0.29) is 0 Å². The predicted molar refractivity (Wildman–Crippen MR) is 54.2 cm³/mol. The molecule has 1 aromatic rings. The number of ether oxygens (including phenoxy) is 1. The highest BCUT2D eigenvalue weighted by Crippen LogP contribution is 2.20. The average molecular weight is 198 g/mol. The van der Waals surface area contributed by atoms with Gasteiger partial charge in [0.15, 0.2) is 0 Å². The second-order valence-corrected chi connectivity index (χ2v) is 3.31. The summed E-state index contributed by atoms with van der Waals surface area (Å²) in [5, 5.41) is 9.71. The minimum absolute atomic E-state index is 0.495. The molecule has 1 N–H and O–H groups in total. The van der Waals surface area contributed by atoms with E-state index in [2.05, 4.69) is 0 Å². The van der Waals surface area contributed by atoms with Gasteiger partial charge in [-0.3, -0.25) is 0 Å². The lowest BCUT2D eigenvalue weighted by molar-refractivity contribution is 0.117. The number of methoxy groups -OCH3 is 1. The molecular formula is C11H18O3. The molecule has 0 amide bonds. The maximum atomic E-state index is 9.71. The average Bonchev–Trinajstić information content (AvgIpc) is 2.66. The highest BCUT2D eigenvalue weighted by Gasteiger charge is 2.11. The standard InChI is InChI=1S/C11H18O3/c1-3-9-6-7-11(14-9)10(12)5-4-8-13-2/h6-7,10,12H,3-5,8H2,1-2H3. The fourth-order valence-electron chi connectivity index (χ4n) is 1.33. The summed E-state index contributed by atoms with van der Waals surface area (Å²) in [5.74, 6) is 1.59. The van der Waals surface area contributed by atoms with Crippen molar-refractivity contribution in [3.05, 3.63) is 23.7 Å². The van der Waals surface area contributed by atoms with E-state index in [1.54, 1.807) is 7.11 Å². The van der Waals surface area contributed by atoms with Crippen molar-refractivity contribution in [1.29, 1.82) is 0 Å². The normalized spacial score (nSPS) is 13.1. The summed E-state index contributed by atoms with van der Waals surface area (Å²) < 4.78 is 10.3. The van der Waals surface area contributed by atoms with E-state index in [1.165, 1.54) is 0 Å². The minimum atomic E-state index is -0.495. The Balaban J connectivity index is 2.39. The Morgan fingerprint density at radius 2 is 2.29 bits per heavy atom. The molecule has 1 rings (SSSR count). The number of rotatable bonds is 6. The monoisotopic (exact) mass is 198 g/mol. The molecule has 0 aliphatic rings. The largest absolute Gasteiger partial charge is 0.463 e. The van der Waals surface area contributed by atoms with Crippen molar-refractivity contribution in [2.24, 2.45) is 0 Å². The molecule has 3 nitrogen and oxygen atoms in total. The van der Waals surface area contributed by atoms with E-state index >= 15 is 0 Å². The first kappa shape index (κ1) is 11.3. The Hall–Kier alpha value is -0.800. The Kier molecular flexibility index (Phi) is 4.70. The highest BCUT2D eigenvalue weighted by atomic mass is 16.5. The van der Waals surface area contributed by atoms with Gasteiger partial charge in [0.2, 0.25) is 0 Å². The van der Waals surface area contributed by atoms with Gasteiger partial charge < -0.3 is 14.3 Å². The molecule has 80 valence electrons. The van der Waals surface area contributed by atoms with Crippen LogP contribution in [0.4, 0.5) is 0 Å². The zero-order chi connectivity index (χ0) is 10.4. The molecule has 1 aromatic heterocycles. The topological polar surface area (TPSA) is 42.6 Å². The highest BCUT2D eigenvalue weighted by molar-refractivity contribution is 5.09. The van der Waals surface area contributed by atoms with E-state index in [1.807, 2.05) is 19.1 Å². The smallest absolute Gasteiger partial charge is 0.132 e. The van der Waals surface area contributed by atoms with E-state index in [0.717, 1.165) is 18.6 Å². The van der Waals surface area contributed by atoms with Crippen molar-refractivity contribution < 1.29 is 14.3 Å². The van der Waals surface area contributed by atoms with Crippen LogP contribution in [0.5, 0.6) is 0 Å². The maximum Gasteiger partial charge on any atom is 0.132 e. The third-order valence-corrected chi connectivity index (χ3v) is 2.19. The van der Waals surface area contributed by atoms with E-state index in [9.17, 15) is 5.11 Å². The summed E-state index contributed by atoms with van der Waals surface area (Å²) in [4.78, 5) is 0. The van der Waals surface area contributed by atoms with Crippen LogP contribution in [-0.4, -0.2) is 18.8 Å². The third-order valence-electron chi connectivity index (χ3n) is 2.19. The van der Waals surface area contributed by atoms with Gasteiger partial charge in [0.1, 0.15) is 17.6 Å². The lowest BCUT2D eigenvalue weighted by Gasteiger charge is -2.06. The van der Waals surface area contributed by atoms with E-state index < -0.39 is 6.10 Å². The van der Waals surface area contributed by atoms with Gasteiger partial charge >= 0.3 is 0 Å². The molecule has 0 saturated heterocycles. The second kappa shape index (κ2) is 5.83. The molecule has 0 radical (unpaired) electrons. The summed E-state index contributed by atoms with van der Waals surface area (Å²) in [6.45, 7) is 2.71. The molecular weight excluding hydrogens is 180 g/mol. The van der Waals surface area contributed by atoms with Crippen molar-refractivity contribution in [3.63, 3.8) is 0 Å². The number of aliphatic hydroxyl groups excluding tert-OH is 1. The lowest BCUT2D eigenvalue weighted by atomic mass is 10.1. The van der Waals surface area contributed by atoms with Crippen LogP contribution in [0.3, 0.4) is 0 Å². The SMILES string of the molecule is CCc1ccc(C(O)CCCOC)o1. The van der Waals surface area contributed by atoms with Crippen molar-refractivity contribution in [1.82, 2.24) is 0 Å². The fourth-order valence-corrected chi connectivity index (χ4v) is 1.33. The van der Waals surface area contributed by atoms with Gasteiger partial charge in [0.05, 0.1) is 0 Å². The Bertz CT molecular complexity index is 255. The van der Waals surface area contributed by atoms with Crippen LogP contribution < -0.4 is 0 Å². The molecule has 3 heteroatoms. The molecule has 1 atom stereocenters. The zero-order valence-electron chi connectivity index (χ0n) is 8.82. The molecule has 0 aliphatic carbocycles. The van der Waals surface area contributed by atoms with Crippen molar-refractivity contribution in [2.75, 3.05) is 13.7 Å². The second-order valence-electron chi connectivity index (χ2n) is 3.31. The van der Waals surface area contributed by atoms with Crippen LogP contribution in [0.25, 0.3) is 0 Å². The molecule has 0 aromatic carbocycles. The van der Waals surface area contributed by atoms with Crippen LogP contribution in [-0.2, 0) is 11.2 Å². The summed E-state index contributed by atoms with van der Waals surface area (Å²) in [6, 6.07) is 3.76. The predicted octanol–water partition coefficient (Wildman–Crippen LogP) is 2.30. The Morgan fingerprint density at radius 3 is 2.86 bits per heavy atom. The summed E-state index contributed by atoms with van der Waals surface area (Å²) in [6.07, 6.45) is 1.90. The van der Waals surface area contributed by atoms with E-state index in [0.29, 0.717) is 18.8 Å². The van der Waals surface area contributed by atoms with Crippen molar-refractivity contribution in [3.8, 4) is 0 Å².